The molecular formula is C16H24N4O2. The fraction of sp³-hybridized carbons (Fsp3) is 0.375. The number of benzene rings is 1. The van der Waals surface area contributed by atoms with Gasteiger partial charge in [0.15, 0.2) is 0 Å². The van der Waals surface area contributed by atoms with E-state index in [2.05, 4.69) is 16.7 Å². The van der Waals surface area contributed by atoms with Crippen molar-refractivity contribution in [3.63, 3.8) is 0 Å². The van der Waals surface area contributed by atoms with Crippen LogP contribution in [0.5, 0.6) is 0 Å². The van der Waals surface area contributed by atoms with Crippen molar-refractivity contribution in [2.75, 3.05) is 5.32 Å². The van der Waals surface area contributed by atoms with Crippen molar-refractivity contribution in [1.82, 2.24) is 5.32 Å². The molecule has 0 fully saturated rings. The number of nitrogens with two attached hydrogens (primary N) is 1. The zero-order chi connectivity index (χ0) is 16.9. The summed E-state index contributed by atoms with van der Waals surface area (Å²) in [5.41, 5.74) is 8.08. The van der Waals surface area contributed by atoms with Crippen LogP contribution in [0, 0.1) is 19.3 Å². The molecule has 0 saturated carbocycles. The van der Waals surface area contributed by atoms with Crippen LogP contribution in [0.15, 0.2) is 30.1 Å². The van der Waals surface area contributed by atoms with Gasteiger partial charge in [-0.1, -0.05) is 6.07 Å². The van der Waals surface area contributed by atoms with Gasteiger partial charge < -0.3 is 15.8 Å². The van der Waals surface area contributed by atoms with Gasteiger partial charge in [-0.2, -0.15) is 0 Å². The Morgan fingerprint density at radius 1 is 1.23 bits per heavy atom. The van der Waals surface area contributed by atoms with Gasteiger partial charge in [-0.15, -0.1) is 0 Å². The lowest BCUT2D eigenvalue weighted by Gasteiger charge is -2.20. The standard InChI is InChI=1S/C16H24N4O2/c1-10-6-11(2)8-12(7-10)19-9-13(14(17)18)20-15(21)22-16(3,4)5/h6-9,19H,1-5H3,(H3,17,18)(H,20,21)/b13-9+. The van der Waals surface area contributed by atoms with Crippen molar-refractivity contribution in [1.29, 1.82) is 5.41 Å². The summed E-state index contributed by atoms with van der Waals surface area (Å²) in [5.74, 6) is -0.261. The molecule has 0 saturated heterocycles. The van der Waals surface area contributed by atoms with Crippen molar-refractivity contribution in [2.24, 2.45) is 5.73 Å². The summed E-state index contributed by atoms with van der Waals surface area (Å²) in [6.07, 6.45) is 0.816. The first-order chi connectivity index (χ1) is 10.1. The monoisotopic (exact) mass is 304 g/mol. The Morgan fingerprint density at radius 2 is 1.77 bits per heavy atom. The van der Waals surface area contributed by atoms with E-state index in [1.807, 2.05) is 26.0 Å². The van der Waals surface area contributed by atoms with Crippen LogP contribution in [0.2, 0.25) is 0 Å². The van der Waals surface area contributed by atoms with Gasteiger partial charge in [0.1, 0.15) is 17.1 Å². The highest BCUT2D eigenvalue weighted by Crippen LogP contribution is 2.14. The number of anilines is 1. The van der Waals surface area contributed by atoms with Crippen molar-refractivity contribution >= 4 is 17.6 Å². The number of nitrogens with one attached hydrogen (secondary N) is 3. The Kier molecular flexibility index (Phi) is 5.56. The Bertz CT molecular complexity index is 580. The van der Waals surface area contributed by atoms with Crippen molar-refractivity contribution in [3.05, 3.63) is 41.2 Å². The van der Waals surface area contributed by atoms with Crippen molar-refractivity contribution < 1.29 is 9.53 Å². The number of alkyl carbamates (subject to hydrolysis) is 1. The minimum atomic E-state index is -0.656. The molecular weight excluding hydrogens is 280 g/mol. The SMILES string of the molecule is Cc1cc(C)cc(N/C=C(/NC(=O)OC(C)(C)C)C(=N)N)c1. The number of carbonyl (C=O) groups excluding carboxylic acids is 1. The molecule has 22 heavy (non-hydrogen) atoms. The predicted octanol–water partition coefficient (Wildman–Crippen LogP) is 3.02. The van der Waals surface area contributed by atoms with Crippen LogP contribution < -0.4 is 16.4 Å². The quantitative estimate of drug-likeness (QED) is 0.507. The maximum absolute atomic E-state index is 11.7. The fourth-order valence-electron chi connectivity index (χ4n) is 1.81. The second-order valence-corrected chi connectivity index (χ2v) is 6.12. The van der Waals surface area contributed by atoms with E-state index in [4.69, 9.17) is 15.9 Å². The minimum Gasteiger partial charge on any atom is -0.444 e. The highest BCUT2D eigenvalue weighted by atomic mass is 16.6. The smallest absolute Gasteiger partial charge is 0.412 e. The van der Waals surface area contributed by atoms with E-state index in [9.17, 15) is 4.79 Å². The molecule has 0 unspecified atom stereocenters. The second-order valence-electron chi connectivity index (χ2n) is 6.12. The van der Waals surface area contributed by atoms with Gasteiger partial charge in [-0.3, -0.25) is 10.7 Å². The number of amides is 1. The number of carbonyl (C=O) groups is 1. The van der Waals surface area contributed by atoms with E-state index in [0.717, 1.165) is 16.8 Å². The van der Waals surface area contributed by atoms with Gasteiger partial charge in [0.05, 0.1) is 0 Å². The minimum absolute atomic E-state index is 0.147. The third-order valence-corrected chi connectivity index (χ3v) is 2.53. The van der Waals surface area contributed by atoms with E-state index < -0.39 is 11.7 Å². The van der Waals surface area contributed by atoms with Crippen molar-refractivity contribution in [3.8, 4) is 0 Å². The molecule has 0 bridgehead atoms. The average Bonchev–Trinajstić information content (AvgIpc) is 2.30. The molecule has 0 atom stereocenters. The van der Waals surface area contributed by atoms with Crippen LogP contribution in [-0.4, -0.2) is 17.5 Å². The van der Waals surface area contributed by atoms with Crippen LogP contribution in [0.1, 0.15) is 31.9 Å². The van der Waals surface area contributed by atoms with E-state index >= 15 is 0 Å². The molecule has 0 aliphatic carbocycles. The molecule has 1 aromatic carbocycles. The molecule has 6 heteroatoms. The molecule has 0 aliphatic rings. The lowest BCUT2D eigenvalue weighted by atomic mass is 10.1. The Hall–Kier alpha value is -2.50. The lowest BCUT2D eigenvalue weighted by Crippen LogP contribution is -2.36. The van der Waals surface area contributed by atoms with E-state index in [1.54, 1.807) is 20.8 Å². The molecule has 1 amide bonds. The molecule has 0 aliphatic heterocycles. The van der Waals surface area contributed by atoms with E-state index in [0.29, 0.717) is 0 Å². The molecule has 5 N–H and O–H groups in total. The largest absolute Gasteiger partial charge is 0.444 e. The first-order valence-electron chi connectivity index (χ1n) is 6.96. The highest BCUT2D eigenvalue weighted by molar-refractivity contribution is 5.97. The highest BCUT2D eigenvalue weighted by Gasteiger charge is 2.17. The Labute approximate surface area is 131 Å². The lowest BCUT2D eigenvalue weighted by molar-refractivity contribution is 0.0549. The maximum atomic E-state index is 11.7. The molecule has 0 radical (unpaired) electrons. The first kappa shape index (κ1) is 17.6. The number of rotatable bonds is 4. The van der Waals surface area contributed by atoms with E-state index in [-0.39, 0.29) is 11.5 Å². The summed E-state index contributed by atoms with van der Waals surface area (Å²) in [6.45, 7) is 9.27. The van der Waals surface area contributed by atoms with E-state index in [1.165, 1.54) is 6.20 Å². The molecule has 1 aromatic rings. The van der Waals surface area contributed by atoms with Crippen LogP contribution >= 0.6 is 0 Å². The van der Waals surface area contributed by atoms with Crippen molar-refractivity contribution in [2.45, 2.75) is 40.2 Å². The predicted molar refractivity (Wildman–Crippen MR) is 88.9 cm³/mol. The summed E-state index contributed by atoms with van der Waals surface area (Å²) in [7, 11) is 0. The van der Waals surface area contributed by atoms with Crippen LogP contribution in [0.3, 0.4) is 0 Å². The third-order valence-electron chi connectivity index (χ3n) is 2.53. The third kappa shape index (κ3) is 6.30. The Balaban J connectivity index is 2.82. The molecule has 0 spiro atoms. The summed E-state index contributed by atoms with van der Waals surface area (Å²) in [5, 5.41) is 13.0. The van der Waals surface area contributed by atoms with Gasteiger partial charge in [0.25, 0.3) is 0 Å². The van der Waals surface area contributed by atoms with Crippen LogP contribution in [-0.2, 0) is 4.74 Å². The summed E-state index contributed by atoms with van der Waals surface area (Å²) >= 11 is 0. The topological polar surface area (TPSA) is 100 Å². The maximum Gasteiger partial charge on any atom is 0.412 e. The van der Waals surface area contributed by atoms with Gasteiger partial charge in [-0.05, 0) is 57.9 Å². The van der Waals surface area contributed by atoms with Gasteiger partial charge in [0, 0.05) is 11.9 Å². The summed E-state index contributed by atoms with van der Waals surface area (Å²) in [4.78, 5) is 11.7. The Morgan fingerprint density at radius 3 is 2.23 bits per heavy atom. The second kappa shape index (κ2) is 6.98. The summed E-state index contributed by atoms with van der Waals surface area (Å²) in [6, 6.07) is 5.96. The number of aryl methyl sites for hydroxylation is 2. The zero-order valence-electron chi connectivity index (χ0n) is 13.7. The zero-order valence-corrected chi connectivity index (χ0v) is 13.7. The molecule has 1 rings (SSSR count). The normalized spacial score (nSPS) is 11.8. The van der Waals surface area contributed by atoms with Crippen LogP contribution in [0.4, 0.5) is 10.5 Å². The molecule has 6 nitrogen and oxygen atoms in total. The molecule has 0 heterocycles. The average molecular weight is 304 g/mol. The van der Waals surface area contributed by atoms with Gasteiger partial charge in [-0.25, -0.2) is 4.79 Å². The van der Waals surface area contributed by atoms with Gasteiger partial charge in [0.2, 0.25) is 0 Å². The number of amidine groups is 1. The number of hydrogen-bond acceptors (Lipinski definition) is 4. The van der Waals surface area contributed by atoms with Gasteiger partial charge >= 0.3 is 6.09 Å². The summed E-state index contributed by atoms with van der Waals surface area (Å²) < 4.78 is 5.14. The number of hydrogen-bond donors (Lipinski definition) is 4. The molecule has 120 valence electrons. The number of ether oxygens (including phenoxy) is 1. The fourth-order valence-corrected chi connectivity index (χ4v) is 1.81. The molecule has 0 aromatic heterocycles. The van der Waals surface area contributed by atoms with Crippen LogP contribution in [0.25, 0.3) is 0 Å². The first-order valence-corrected chi connectivity index (χ1v) is 6.96.